The summed E-state index contributed by atoms with van der Waals surface area (Å²) in [4.78, 5) is 33.8. The third kappa shape index (κ3) is 2.85. The summed E-state index contributed by atoms with van der Waals surface area (Å²) in [5, 5.41) is 2.56. The first-order valence-corrected chi connectivity index (χ1v) is 4.13. The van der Waals surface area contributed by atoms with Crippen LogP contribution in [0.2, 0.25) is 0 Å². The molecule has 0 aromatic carbocycles. The lowest BCUT2D eigenvalue weighted by atomic mass is 10.3. The summed E-state index contributed by atoms with van der Waals surface area (Å²) in [6.07, 6.45) is 0.0140. The van der Waals surface area contributed by atoms with Crippen LogP contribution in [0.5, 0.6) is 0 Å². The van der Waals surface area contributed by atoms with Gasteiger partial charge < -0.3 is 10.2 Å². The molecule has 0 spiro atoms. The Morgan fingerprint density at radius 3 is 2.69 bits per heavy atom. The van der Waals surface area contributed by atoms with E-state index in [0.717, 1.165) is 0 Å². The van der Waals surface area contributed by atoms with Gasteiger partial charge in [-0.2, -0.15) is 0 Å². The number of nitrogens with zero attached hydrogens (tertiary/aromatic N) is 1. The molecule has 1 aliphatic rings. The van der Waals surface area contributed by atoms with E-state index < -0.39 is 0 Å². The maximum absolute atomic E-state index is 11.1. The van der Waals surface area contributed by atoms with E-state index in [0.29, 0.717) is 13.1 Å². The molecule has 1 saturated heterocycles. The fourth-order valence-electron chi connectivity index (χ4n) is 1.21. The van der Waals surface area contributed by atoms with Gasteiger partial charge in [0, 0.05) is 20.0 Å². The van der Waals surface area contributed by atoms with Crippen LogP contribution >= 0.6 is 0 Å². The standard InChI is InChI=1S/C8H12N2O3/c1-6(11)9-2-3-10-5-7(12)4-8(10)13/h2-5H2,1H3,(H,9,11). The fraction of sp³-hybridized carbons (Fsp3) is 0.625. The van der Waals surface area contributed by atoms with Crippen molar-refractivity contribution in [3.63, 3.8) is 0 Å². The Morgan fingerprint density at radius 1 is 1.54 bits per heavy atom. The molecule has 72 valence electrons. The van der Waals surface area contributed by atoms with Crippen LogP contribution in [0.3, 0.4) is 0 Å². The monoisotopic (exact) mass is 184 g/mol. The normalized spacial score (nSPS) is 16.5. The molecular weight excluding hydrogens is 172 g/mol. The first kappa shape index (κ1) is 9.70. The van der Waals surface area contributed by atoms with Crippen molar-refractivity contribution in [1.29, 1.82) is 0 Å². The summed E-state index contributed by atoms with van der Waals surface area (Å²) < 4.78 is 0. The molecular formula is C8H12N2O3. The van der Waals surface area contributed by atoms with Gasteiger partial charge in [0.2, 0.25) is 11.8 Å². The maximum atomic E-state index is 11.1. The zero-order chi connectivity index (χ0) is 9.84. The number of carbonyl (C=O) groups excluding carboxylic acids is 3. The topological polar surface area (TPSA) is 66.5 Å². The van der Waals surface area contributed by atoms with Gasteiger partial charge >= 0.3 is 0 Å². The van der Waals surface area contributed by atoms with Gasteiger partial charge in [0.25, 0.3) is 0 Å². The van der Waals surface area contributed by atoms with Gasteiger partial charge in [-0.15, -0.1) is 0 Å². The number of carbonyl (C=O) groups is 3. The highest BCUT2D eigenvalue weighted by atomic mass is 16.2. The molecule has 13 heavy (non-hydrogen) atoms. The number of nitrogens with one attached hydrogen (secondary N) is 1. The third-order valence-corrected chi connectivity index (χ3v) is 1.82. The Kier molecular flexibility index (Phi) is 3.00. The molecule has 1 fully saturated rings. The second-order valence-electron chi connectivity index (χ2n) is 3.01. The Hall–Kier alpha value is -1.39. The molecule has 0 radical (unpaired) electrons. The highest BCUT2D eigenvalue weighted by Crippen LogP contribution is 2.04. The van der Waals surface area contributed by atoms with E-state index in [1.54, 1.807) is 0 Å². The van der Waals surface area contributed by atoms with Crippen molar-refractivity contribution >= 4 is 17.6 Å². The molecule has 2 amide bonds. The molecule has 1 N–H and O–H groups in total. The summed E-state index contributed by atoms with van der Waals surface area (Å²) >= 11 is 0. The molecule has 1 rings (SSSR count). The summed E-state index contributed by atoms with van der Waals surface area (Å²) in [6.45, 7) is 2.44. The average molecular weight is 184 g/mol. The molecule has 0 saturated carbocycles. The quantitative estimate of drug-likeness (QED) is 0.567. The Morgan fingerprint density at radius 2 is 2.23 bits per heavy atom. The van der Waals surface area contributed by atoms with E-state index in [1.807, 2.05) is 0 Å². The first-order chi connectivity index (χ1) is 6.09. The number of ketones is 1. The summed E-state index contributed by atoms with van der Waals surface area (Å²) in [5.41, 5.74) is 0. The number of hydrogen-bond acceptors (Lipinski definition) is 3. The number of amides is 2. The molecule has 1 aliphatic heterocycles. The van der Waals surface area contributed by atoms with E-state index in [4.69, 9.17) is 0 Å². The molecule has 0 unspecified atom stereocenters. The lowest BCUT2D eigenvalue weighted by Gasteiger charge is -2.13. The average Bonchev–Trinajstić information content (AvgIpc) is 2.29. The van der Waals surface area contributed by atoms with Crippen LogP contribution in [0.4, 0.5) is 0 Å². The van der Waals surface area contributed by atoms with Crippen molar-refractivity contribution in [1.82, 2.24) is 10.2 Å². The summed E-state index contributed by atoms with van der Waals surface area (Å²) in [6, 6.07) is 0. The predicted molar refractivity (Wildman–Crippen MR) is 44.9 cm³/mol. The zero-order valence-electron chi connectivity index (χ0n) is 7.50. The molecule has 5 nitrogen and oxygen atoms in total. The van der Waals surface area contributed by atoms with Crippen molar-refractivity contribution in [3.05, 3.63) is 0 Å². The van der Waals surface area contributed by atoms with Crippen LogP contribution in [0, 0.1) is 0 Å². The maximum Gasteiger partial charge on any atom is 0.230 e. The fourth-order valence-corrected chi connectivity index (χ4v) is 1.21. The van der Waals surface area contributed by atoms with Gasteiger partial charge in [-0.25, -0.2) is 0 Å². The SMILES string of the molecule is CC(=O)NCCN1CC(=O)CC1=O. The molecule has 5 heteroatoms. The highest BCUT2D eigenvalue weighted by molar-refractivity contribution is 6.05. The molecule has 0 aromatic rings. The van der Waals surface area contributed by atoms with Crippen LogP contribution in [-0.4, -0.2) is 42.1 Å². The van der Waals surface area contributed by atoms with Crippen LogP contribution in [-0.2, 0) is 14.4 Å². The second-order valence-corrected chi connectivity index (χ2v) is 3.01. The van der Waals surface area contributed by atoms with Gasteiger partial charge in [-0.1, -0.05) is 0 Å². The molecule has 0 aliphatic carbocycles. The Balaban J connectivity index is 2.26. The van der Waals surface area contributed by atoms with Gasteiger partial charge in [0.1, 0.15) is 0 Å². The van der Waals surface area contributed by atoms with Crippen molar-refractivity contribution < 1.29 is 14.4 Å². The minimum atomic E-state index is -0.143. The Bertz CT molecular complexity index is 250. The van der Waals surface area contributed by atoms with Gasteiger partial charge in [-0.05, 0) is 0 Å². The van der Waals surface area contributed by atoms with Crippen LogP contribution in [0.1, 0.15) is 13.3 Å². The molecule has 0 bridgehead atoms. The van der Waals surface area contributed by atoms with Gasteiger partial charge in [0.15, 0.2) is 5.78 Å². The number of rotatable bonds is 3. The van der Waals surface area contributed by atoms with E-state index in [1.165, 1.54) is 11.8 Å². The van der Waals surface area contributed by atoms with E-state index in [-0.39, 0.29) is 30.6 Å². The van der Waals surface area contributed by atoms with Crippen molar-refractivity contribution in [2.45, 2.75) is 13.3 Å². The number of Topliss-reactive ketones (excluding diaryl/α,β-unsaturated/α-hetero) is 1. The minimum Gasteiger partial charge on any atom is -0.355 e. The van der Waals surface area contributed by atoms with Crippen molar-refractivity contribution in [3.8, 4) is 0 Å². The Labute approximate surface area is 76.1 Å². The van der Waals surface area contributed by atoms with Crippen LogP contribution in [0.15, 0.2) is 0 Å². The summed E-state index contributed by atoms with van der Waals surface area (Å²) in [5.74, 6) is -0.318. The predicted octanol–water partition coefficient (Wildman–Crippen LogP) is -1.08. The molecule has 0 atom stereocenters. The third-order valence-electron chi connectivity index (χ3n) is 1.82. The minimum absolute atomic E-state index is 0.0140. The number of likely N-dealkylation sites (tertiary alicyclic amines) is 1. The van der Waals surface area contributed by atoms with Crippen molar-refractivity contribution in [2.75, 3.05) is 19.6 Å². The molecule has 0 aromatic heterocycles. The summed E-state index contributed by atoms with van der Waals surface area (Å²) in [7, 11) is 0. The van der Waals surface area contributed by atoms with E-state index in [9.17, 15) is 14.4 Å². The highest BCUT2D eigenvalue weighted by Gasteiger charge is 2.26. The van der Waals surface area contributed by atoms with E-state index >= 15 is 0 Å². The van der Waals surface area contributed by atoms with Crippen molar-refractivity contribution in [2.24, 2.45) is 0 Å². The largest absolute Gasteiger partial charge is 0.355 e. The lowest BCUT2D eigenvalue weighted by Crippen LogP contribution is -2.34. The van der Waals surface area contributed by atoms with Crippen LogP contribution in [0.25, 0.3) is 0 Å². The van der Waals surface area contributed by atoms with E-state index in [2.05, 4.69) is 5.32 Å². The zero-order valence-corrected chi connectivity index (χ0v) is 7.50. The molecule has 1 heterocycles. The lowest BCUT2D eigenvalue weighted by molar-refractivity contribution is -0.128. The van der Waals surface area contributed by atoms with Crippen LogP contribution < -0.4 is 5.32 Å². The number of hydrogen-bond donors (Lipinski definition) is 1. The smallest absolute Gasteiger partial charge is 0.230 e. The van der Waals surface area contributed by atoms with Gasteiger partial charge in [0.05, 0.1) is 13.0 Å². The first-order valence-electron chi connectivity index (χ1n) is 4.13. The van der Waals surface area contributed by atoms with Gasteiger partial charge in [-0.3, -0.25) is 14.4 Å². The second kappa shape index (κ2) is 4.02.